The van der Waals surface area contributed by atoms with Crippen LogP contribution in [0.25, 0.3) is 11.3 Å². The summed E-state index contributed by atoms with van der Waals surface area (Å²) in [6, 6.07) is 15.5. The normalized spacial score (nSPS) is 15.7. The summed E-state index contributed by atoms with van der Waals surface area (Å²) in [4.78, 5) is 0. The van der Waals surface area contributed by atoms with Crippen molar-refractivity contribution in [1.29, 1.82) is 5.26 Å². The first kappa shape index (κ1) is 16.7. The number of aromatic amines is 1. The molecule has 0 saturated carbocycles. The van der Waals surface area contributed by atoms with Crippen LogP contribution in [-0.2, 0) is 0 Å². The van der Waals surface area contributed by atoms with Crippen LogP contribution in [0.4, 0.5) is 4.39 Å². The number of benzene rings is 2. The van der Waals surface area contributed by atoms with E-state index >= 15 is 0 Å². The molecule has 0 spiro atoms. The van der Waals surface area contributed by atoms with E-state index in [-0.39, 0.29) is 17.3 Å². The third-order valence-corrected chi connectivity index (χ3v) is 4.52. The number of hydrogen-bond acceptors (Lipinski definition) is 5. The average Bonchev–Trinajstić information content (AvgIpc) is 3.11. The molecule has 2 heterocycles. The van der Waals surface area contributed by atoms with Gasteiger partial charge in [-0.1, -0.05) is 12.1 Å². The summed E-state index contributed by atoms with van der Waals surface area (Å²) in [5.74, 6) is 0.137. The Hall–Kier alpha value is -3.79. The Balaban J connectivity index is 1.90. The molecule has 27 heavy (non-hydrogen) atoms. The second-order valence-corrected chi connectivity index (χ2v) is 6.02. The Labute approximate surface area is 154 Å². The monoisotopic (exact) mass is 362 g/mol. The van der Waals surface area contributed by atoms with Crippen LogP contribution >= 0.6 is 0 Å². The minimum Gasteiger partial charge on any atom is -0.497 e. The molecule has 134 valence electrons. The number of ether oxygens (including phenoxy) is 2. The van der Waals surface area contributed by atoms with Crippen molar-refractivity contribution in [2.75, 3.05) is 7.11 Å². The number of H-pyrrole nitrogens is 1. The van der Waals surface area contributed by atoms with Gasteiger partial charge in [0, 0.05) is 5.56 Å². The SMILES string of the molecule is COc1ccc(-c2[nH]nc3c2[C@H](c2ccc(F)cc2)C(C#N)=C(N)O3)cc1. The zero-order chi connectivity index (χ0) is 19.0. The van der Waals surface area contributed by atoms with Gasteiger partial charge in [-0.3, -0.25) is 5.10 Å². The summed E-state index contributed by atoms with van der Waals surface area (Å²) in [6.45, 7) is 0. The summed E-state index contributed by atoms with van der Waals surface area (Å²) in [6.07, 6.45) is 0. The van der Waals surface area contributed by atoms with Gasteiger partial charge in [0.05, 0.1) is 24.3 Å². The first-order valence-electron chi connectivity index (χ1n) is 8.18. The number of nitrogens with two attached hydrogens (primary N) is 1. The quantitative estimate of drug-likeness (QED) is 0.744. The number of aromatic nitrogens is 2. The largest absolute Gasteiger partial charge is 0.497 e. The molecule has 1 aliphatic heterocycles. The van der Waals surface area contributed by atoms with Crippen molar-refractivity contribution < 1.29 is 13.9 Å². The highest BCUT2D eigenvalue weighted by molar-refractivity contribution is 5.71. The highest BCUT2D eigenvalue weighted by Gasteiger charge is 2.35. The molecule has 0 amide bonds. The predicted molar refractivity (Wildman–Crippen MR) is 96.3 cm³/mol. The van der Waals surface area contributed by atoms with Gasteiger partial charge in [-0.05, 0) is 42.0 Å². The highest BCUT2D eigenvalue weighted by atomic mass is 19.1. The summed E-state index contributed by atoms with van der Waals surface area (Å²) in [5.41, 5.74) is 9.13. The molecular weight excluding hydrogens is 347 g/mol. The van der Waals surface area contributed by atoms with E-state index in [1.165, 1.54) is 12.1 Å². The summed E-state index contributed by atoms with van der Waals surface area (Å²) in [5, 5.41) is 16.8. The molecule has 0 aliphatic carbocycles. The molecule has 3 N–H and O–H groups in total. The molecule has 6 nitrogen and oxygen atoms in total. The van der Waals surface area contributed by atoms with Gasteiger partial charge >= 0.3 is 0 Å². The number of nitrogens with one attached hydrogen (secondary N) is 1. The minimum atomic E-state index is -0.518. The molecule has 0 bridgehead atoms. The third-order valence-electron chi connectivity index (χ3n) is 4.52. The van der Waals surface area contributed by atoms with Crippen LogP contribution in [0.15, 0.2) is 60.0 Å². The standard InChI is InChI=1S/C20H15FN4O2/c1-26-14-8-4-12(5-9-14)18-17-16(11-2-6-13(21)7-3-11)15(10-22)19(23)27-20(17)25-24-18/h2-9,16H,23H2,1H3,(H,24,25)/t16-/m1/s1. The Kier molecular flexibility index (Phi) is 4.01. The molecule has 7 heteroatoms. The van der Waals surface area contributed by atoms with Crippen molar-refractivity contribution in [3.8, 4) is 29.0 Å². The molecule has 0 saturated heterocycles. The van der Waals surface area contributed by atoms with E-state index < -0.39 is 5.92 Å². The second-order valence-electron chi connectivity index (χ2n) is 6.02. The number of hydrogen-bond donors (Lipinski definition) is 2. The highest BCUT2D eigenvalue weighted by Crippen LogP contribution is 2.45. The maximum absolute atomic E-state index is 13.4. The average molecular weight is 362 g/mol. The lowest BCUT2D eigenvalue weighted by molar-refractivity contribution is 0.379. The van der Waals surface area contributed by atoms with Crippen LogP contribution in [0.1, 0.15) is 17.0 Å². The van der Waals surface area contributed by atoms with E-state index in [9.17, 15) is 9.65 Å². The van der Waals surface area contributed by atoms with Crippen LogP contribution in [0, 0.1) is 17.1 Å². The Morgan fingerprint density at radius 2 is 1.89 bits per heavy atom. The van der Waals surface area contributed by atoms with E-state index in [4.69, 9.17) is 15.2 Å². The molecule has 1 aromatic heterocycles. The van der Waals surface area contributed by atoms with Crippen molar-refractivity contribution >= 4 is 0 Å². The Morgan fingerprint density at radius 3 is 2.52 bits per heavy atom. The van der Waals surface area contributed by atoms with Crippen molar-refractivity contribution in [2.45, 2.75) is 5.92 Å². The molecular formula is C20H15FN4O2. The lowest BCUT2D eigenvalue weighted by atomic mass is 9.83. The van der Waals surface area contributed by atoms with Gasteiger partial charge in [0.25, 0.3) is 0 Å². The van der Waals surface area contributed by atoms with Gasteiger partial charge in [0.2, 0.25) is 11.8 Å². The molecule has 1 atom stereocenters. The zero-order valence-corrected chi connectivity index (χ0v) is 14.4. The number of halogens is 1. The molecule has 4 rings (SSSR count). The van der Waals surface area contributed by atoms with Crippen LogP contribution in [0.5, 0.6) is 11.6 Å². The Morgan fingerprint density at radius 1 is 1.19 bits per heavy atom. The molecule has 0 fully saturated rings. The fourth-order valence-electron chi connectivity index (χ4n) is 3.21. The first-order valence-corrected chi connectivity index (χ1v) is 8.18. The van der Waals surface area contributed by atoms with Crippen LogP contribution in [0.3, 0.4) is 0 Å². The first-order chi connectivity index (χ1) is 13.1. The van der Waals surface area contributed by atoms with Crippen LogP contribution in [-0.4, -0.2) is 17.3 Å². The molecule has 0 unspecified atom stereocenters. The Bertz CT molecular complexity index is 1060. The maximum atomic E-state index is 13.4. The topological polar surface area (TPSA) is 97.0 Å². The van der Waals surface area contributed by atoms with Gasteiger partial charge in [-0.15, -0.1) is 5.10 Å². The van der Waals surface area contributed by atoms with Crippen molar-refractivity contribution in [1.82, 2.24) is 10.2 Å². The van der Waals surface area contributed by atoms with Gasteiger partial charge in [0.15, 0.2) is 0 Å². The molecule has 0 radical (unpaired) electrons. The lowest BCUT2D eigenvalue weighted by Gasteiger charge is -2.24. The third kappa shape index (κ3) is 2.77. The van der Waals surface area contributed by atoms with Gasteiger partial charge < -0.3 is 15.2 Å². The van der Waals surface area contributed by atoms with Crippen LogP contribution in [0.2, 0.25) is 0 Å². The fourth-order valence-corrected chi connectivity index (χ4v) is 3.21. The maximum Gasteiger partial charge on any atom is 0.244 e. The number of nitriles is 1. The smallest absolute Gasteiger partial charge is 0.244 e. The van der Waals surface area contributed by atoms with E-state index in [0.29, 0.717) is 17.1 Å². The lowest BCUT2D eigenvalue weighted by Crippen LogP contribution is -2.21. The summed E-state index contributed by atoms with van der Waals surface area (Å²) >= 11 is 0. The summed E-state index contributed by atoms with van der Waals surface area (Å²) < 4.78 is 24.2. The minimum absolute atomic E-state index is 0.00731. The number of nitrogens with zero attached hydrogens (tertiary/aromatic N) is 2. The number of allylic oxidation sites excluding steroid dienone is 1. The second kappa shape index (κ2) is 6.50. The predicted octanol–water partition coefficient (Wildman–Crippen LogP) is 3.44. The zero-order valence-electron chi connectivity index (χ0n) is 14.4. The van der Waals surface area contributed by atoms with Crippen molar-refractivity contribution in [3.05, 3.63) is 76.9 Å². The molecule has 2 aromatic carbocycles. The van der Waals surface area contributed by atoms with Gasteiger partial charge in [-0.25, -0.2) is 4.39 Å². The number of fused-ring (bicyclic) bond motifs is 1. The van der Waals surface area contributed by atoms with Crippen LogP contribution < -0.4 is 15.2 Å². The van der Waals surface area contributed by atoms with Gasteiger partial charge in [-0.2, -0.15) is 5.26 Å². The fraction of sp³-hybridized carbons (Fsp3) is 0.100. The van der Waals surface area contributed by atoms with Gasteiger partial charge in [0.1, 0.15) is 23.2 Å². The number of methoxy groups -OCH3 is 1. The van der Waals surface area contributed by atoms with E-state index in [2.05, 4.69) is 16.3 Å². The van der Waals surface area contributed by atoms with Crippen molar-refractivity contribution in [2.24, 2.45) is 5.73 Å². The molecule has 3 aromatic rings. The van der Waals surface area contributed by atoms with E-state index in [0.717, 1.165) is 16.9 Å². The van der Waals surface area contributed by atoms with Crippen molar-refractivity contribution in [3.63, 3.8) is 0 Å². The molecule has 1 aliphatic rings. The number of rotatable bonds is 3. The summed E-state index contributed by atoms with van der Waals surface area (Å²) in [7, 11) is 1.60. The van der Waals surface area contributed by atoms with E-state index in [1.807, 2.05) is 24.3 Å². The van der Waals surface area contributed by atoms with E-state index in [1.54, 1.807) is 19.2 Å².